The lowest BCUT2D eigenvalue weighted by atomic mass is 10.1. The summed E-state index contributed by atoms with van der Waals surface area (Å²) in [6.45, 7) is 1.98. The van der Waals surface area contributed by atoms with Crippen LogP contribution in [0.5, 0.6) is 0 Å². The first-order chi connectivity index (χ1) is 10.9. The second-order valence-electron chi connectivity index (χ2n) is 5.90. The first-order valence-electron chi connectivity index (χ1n) is 7.80. The minimum atomic E-state index is -3.70. The fraction of sp³-hybridized carbons (Fsp3) is 0.562. The molecular formula is C16H24N2O3S2. The Labute approximate surface area is 142 Å². The van der Waals surface area contributed by atoms with E-state index >= 15 is 0 Å². The molecule has 1 saturated carbocycles. The van der Waals surface area contributed by atoms with Crippen molar-refractivity contribution in [3.05, 3.63) is 30.3 Å². The number of carbonyl (C=O) groups is 1. The van der Waals surface area contributed by atoms with Crippen LogP contribution in [0.1, 0.15) is 26.2 Å². The van der Waals surface area contributed by atoms with Crippen molar-refractivity contribution < 1.29 is 13.2 Å². The Bertz CT molecular complexity index is 615. The molecule has 0 radical (unpaired) electrons. The molecule has 1 aliphatic rings. The molecule has 2 N–H and O–H groups in total. The average molecular weight is 357 g/mol. The molecule has 0 bridgehead atoms. The predicted octanol–water partition coefficient (Wildman–Crippen LogP) is 2.00. The Morgan fingerprint density at radius 1 is 1.30 bits per heavy atom. The molecule has 1 aliphatic carbocycles. The van der Waals surface area contributed by atoms with Crippen molar-refractivity contribution in [2.45, 2.75) is 43.2 Å². The fourth-order valence-corrected chi connectivity index (χ4v) is 4.10. The molecule has 128 valence electrons. The lowest BCUT2D eigenvalue weighted by Gasteiger charge is -2.21. The Kier molecular flexibility index (Phi) is 6.50. The van der Waals surface area contributed by atoms with Crippen molar-refractivity contribution in [3.63, 3.8) is 0 Å². The van der Waals surface area contributed by atoms with Crippen LogP contribution in [0.3, 0.4) is 0 Å². The predicted molar refractivity (Wildman–Crippen MR) is 93.9 cm³/mol. The lowest BCUT2D eigenvalue weighted by molar-refractivity contribution is -0.123. The number of hydrogen-bond donors (Lipinski definition) is 2. The van der Waals surface area contributed by atoms with Crippen LogP contribution in [0.15, 0.2) is 35.2 Å². The van der Waals surface area contributed by atoms with Crippen molar-refractivity contribution in [1.29, 1.82) is 0 Å². The highest BCUT2D eigenvalue weighted by Crippen LogP contribution is 2.32. The fourth-order valence-electron chi connectivity index (χ4n) is 2.37. The number of carbonyl (C=O) groups excluding carboxylic acids is 1. The van der Waals surface area contributed by atoms with Gasteiger partial charge >= 0.3 is 0 Å². The van der Waals surface area contributed by atoms with Gasteiger partial charge in [-0.25, -0.2) is 8.42 Å². The monoisotopic (exact) mass is 356 g/mol. The zero-order valence-electron chi connectivity index (χ0n) is 13.5. The minimum absolute atomic E-state index is 0.0977. The third kappa shape index (κ3) is 5.51. The Morgan fingerprint density at radius 2 is 1.96 bits per heavy atom. The van der Waals surface area contributed by atoms with Crippen molar-refractivity contribution in [2.75, 3.05) is 12.0 Å². The molecule has 23 heavy (non-hydrogen) atoms. The molecule has 1 aromatic carbocycles. The van der Waals surface area contributed by atoms with Gasteiger partial charge in [0.1, 0.15) is 6.04 Å². The molecular weight excluding hydrogens is 332 g/mol. The van der Waals surface area contributed by atoms with Gasteiger partial charge < -0.3 is 5.32 Å². The van der Waals surface area contributed by atoms with E-state index in [1.807, 2.05) is 13.2 Å². The largest absolute Gasteiger partial charge is 0.352 e. The number of nitrogens with one attached hydrogen (secondary N) is 2. The first-order valence-corrected chi connectivity index (χ1v) is 10.7. The SMILES string of the molecule is CSCCC(NS(=O)(=O)c1ccccc1)C(=O)NC(C)C1CC1. The van der Waals surface area contributed by atoms with E-state index in [0.29, 0.717) is 18.1 Å². The number of sulfonamides is 1. The molecule has 7 heteroatoms. The Balaban J connectivity index is 2.06. The van der Waals surface area contributed by atoms with Crippen LogP contribution in [0.25, 0.3) is 0 Å². The number of amides is 1. The van der Waals surface area contributed by atoms with Crippen molar-refractivity contribution in [1.82, 2.24) is 10.0 Å². The normalized spacial score (nSPS) is 17.5. The molecule has 1 fully saturated rings. The van der Waals surface area contributed by atoms with Gasteiger partial charge in [-0.2, -0.15) is 16.5 Å². The van der Waals surface area contributed by atoms with Gasteiger partial charge in [0, 0.05) is 6.04 Å². The summed E-state index contributed by atoms with van der Waals surface area (Å²) < 4.78 is 27.4. The number of hydrogen-bond acceptors (Lipinski definition) is 4. The van der Waals surface area contributed by atoms with Gasteiger partial charge in [0.25, 0.3) is 0 Å². The summed E-state index contributed by atoms with van der Waals surface area (Å²) >= 11 is 1.59. The molecule has 1 amide bonds. The molecule has 0 aromatic heterocycles. The summed E-state index contributed by atoms with van der Waals surface area (Å²) in [5.74, 6) is 1.01. The number of rotatable bonds is 9. The zero-order chi connectivity index (χ0) is 16.9. The van der Waals surface area contributed by atoms with Gasteiger partial charge in [-0.05, 0) is 56.2 Å². The van der Waals surface area contributed by atoms with Crippen molar-refractivity contribution in [3.8, 4) is 0 Å². The van der Waals surface area contributed by atoms with E-state index in [2.05, 4.69) is 10.0 Å². The van der Waals surface area contributed by atoms with E-state index in [-0.39, 0.29) is 16.8 Å². The smallest absolute Gasteiger partial charge is 0.241 e. The molecule has 2 rings (SSSR count). The third-order valence-electron chi connectivity index (χ3n) is 3.98. The Hall–Kier alpha value is -1.05. The maximum Gasteiger partial charge on any atom is 0.241 e. The van der Waals surface area contributed by atoms with E-state index in [0.717, 1.165) is 12.8 Å². The second kappa shape index (κ2) is 8.17. The van der Waals surface area contributed by atoms with Gasteiger partial charge in [-0.15, -0.1) is 0 Å². The summed E-state index contributed by atoms with van der Waals surface area (Å²) in [5, 5.41) is 2.95. The van der Waals surface area contributed by atoms with Gasteiger partial charge in [0.15, 0.2) is 0 Å². The molecule has 5 nitrogen and oxygen atoms in total. The van der Waals surface area contributed by atoms with Crippen LogP contribution in [-0.2, 0) is 14.8 Å². The van der Waals surface area contributed by atoms with Crippen LogP contribution in [0.4, 0.5) is 0 Å². The summed E-state index contributed by atoms with van der Waals surface area (Å²) in [5.41, 5.74) is 0. The highest BCUT2D eigenvalue weighted by molar-refractivity contribution is 7.98. The maximum atomic E-state index is 12.5. The summed E-state index contributed by atoms with van der Waals surface area (Å²) in [7, 11) is -3.70. The molecule has 2 unspecified atom stereocenters. The van der Waals surface area contributed by atoms with Gasteiger partial charge in [-0.3, -0.25) is 4.79 Å². The van der Waals surface area contributed by atoms with Crippen molar-refractivity contribution >= 4 is 27.7 Å². The zero-order valence-corrected chi connectivity index (χ0v) is 15.1. The number of thioether (sulfide) groups is 1. The highest BCUT2D eigenvalue weighted by atomic mass is 32.2. The average Bonchev–Trinajstić information content (AvgIpc) is 3.37. The molecule has 0 heterocycles. The van der Waals surface area contributed by atoms with E-state index in [1.165, 1.54) is 12.1 Å². The van der Waals surface area contributed by atoms with E-state index < -0.39 is 16.1 Å². The van der Waals surface area contributed by atoms with E-state index in [1.54, 1.807) is 30.0 Å². The Morgan fingerprint density at radius 3 is 2.52 bits per heavy atom. The van der Waals surface area contributed by atoms with Crippen LogP contribution >= 0.6 is 11.8 Å². The molecule has 2 atom stereocenters. The summed E-state index contributed by atoms with van der Waals surface area (Å²) in [4.78, 5) is 12.6. The minimum Gasteiger partial charge on any atom is -0.352 e. The summed E-state index contributed by atoms with van der Waals surface area (Å²) in [6.07, 6.45) is 4.67. The van der Waals surface area contributed by atoms with Crippen LogP contribution in [0.2, 0.25) is 0 Å². The molecule has 0 spiro atoms. The first kappa shape index (κ1) is 18.3. The van der Waals surface area contributed by atoms with E-state index in [9.17, 15) is 13.2 Å². The van der Waals surface area contributed by atoms with Gasteiger partial charge in [-0.1, -0.05) is 18.2 Å². The standard InChI is InChI=1S/C16H24N2O3S2/c1-12(13-8-9-13)17-16(19)15(10-11-22-2)18-23(20,21)14-6-4-3-5-7-14/h3-7,12-13,15,18H,8-11H2,1-2H3,(H,17,19). The van der Waals surface area contributed by atoms with Crippen LogP contribution < -0.4 is 10.0 Å². The third-order valence-corrected chi connectivity index (χ3v) is 6.11. The second-order valence-corrected chi connectivity index (χ2v) is 8.60. The topological polar surface area (TPSA) is 75.3 Å². The maximum absolute atomic E-state index is 12.5. The van der Waals surface area contributed by atoms with Crippen LogP contribution in [-0.4, -0.2) is 38.4 Å². The van der Waals surface area contributed by atoms with Gasteiger partial charge in [0.05, 0.1) is 4.90 Å². The molecule has 1 aromatic rings. The van der Waals surface area contributed by atoms with Crippen molar-refractivity contribution in [2.24, 2.45) is 5.92 Å². The molecule has 0 aliphatic heterocycles. The highest BCUT2D eigenvalue weighted by Gasteiger charge is 2.32. The van der Waals surface area contributed by atoms with Gasteiger partial charge in [0.2, 0.25) is 15.9 Å². The lowest BCUT2D eigenvalue weighted by Crippen LogP contribution is -2.49. The number of benzene rings is 1. The quantitative estimate of drug-likeness (QED) is 0.710. The summed E-state index contributed by atoms with van der Waals surface area (Å²) in [6, 6.07) is 7.50. The van der Waals surface area contributed by atoms with Crippen LogP contribution in [0, 0.1) is 5.92 Å². The van der Waals surface area contributed by atoms with E-state index in [4.69, 9.17) is 0 Å². The molecule has 0 saturated heterocycles.